The van der Waals surface area contributed by atoms with Crippen molar-refractivity contribution < 1.29 is 9.15 Å². The summed E-state index contributed by atoms with van der Waals surface area (Å²) >= 11 is 6.14. The molecule has 0 saturated carbocycles. The molecule has 2 N–H and O–H groups in total. The summed E-state index contributed by atoms with van der Waals surface area (Å²) in [5, 5.41) is 0.377. The zero-order valence-corrected chi connectivity index (χ0v) is 10.9. The molecule has 3 rings (SSSR count). The number of hydrogen-bond donors (Lipinski definition) is 1. The van der Waals surface area contributed by atoms with Gasteiger partial charge in [0, 0.05) is 6.54 Å². The SMILES string of the molecule is Nc1ncnc(N2CCO[C@@H](c3ccco3)C2)c1Cl. The maximum Gasteiger partial charge on any atom is 0.153 e. The Bertz CT molecular complexity index is 561. The number of morpholine rings is 1. The third kappa shape index (κ3) is 2.36. The van der Waals surface area contributed by atoms with E-state index in [4.69, 9.17) is 26.5 Å². The average molecular weight is 281 g/mol. The van der Waals surface area contributed by atoms with Gasteiger partial charge in [-0.15, -0.1) is 0 Å². The van der Waals surface area contributed by atoms with Crippen LogP contribution in [-0.2, 0) is 4.74 Å². The van der Waals surface area contributed by atoms with Crippen LogP contribution in [0.5, 0.6) is 0 Å². The third-order valence-electron chi connectivity index (χ3n) is 3.02. The molecule has 7 heteroatoms. The lowest BCUT2D eigenvalue weighted by Gasteiger charge is -2.33. The molecule has 1 atom stereocenters. The van der Waals surface area contributed by atoms with Gasteiger partial charge in [0.05, 0.1) is 19.4 Å². The molecular formula is C12H13ClN4O2. The standard InChI is InChI=1S/C12H13ClN4O2/c13-10-11(14)15-7-16-12(10)17-3-5-19-9(6-17)8-2-1-4-18-8/h1-2,4,7,9H,3,5-6H2,(H2,14,15,16)/t9-/m1/s1. The van der Waals surface area contributed by atoms with Crippen molar-refractivity contribution in [3.05, 3.63) is 35.5 Å². The predicted molar refractivity (Wildman–Crippen MR) is 71.1 cm³/mol. The Kier molecular flexibility index (Phi) is 3.27. The minimum atomic E-state index is -0.129. The highest BCUT2D eigenvalue weighted by Crippen LogP contribution is 2.31. The van der Waals surface area contributed by atoms with Crippen molar-refractivity contribution in [2.45, 2.75) is 6.10 Å². The minimum absolute atomic E-state index is 0.129. The maximum atomic E-state index is 6.14. The molecule has 1 fully saturated rings. The van der Waals surface area contributed by atoms with E-state index in [9.17, 15) is 0 Å². The number of furan rings is 1. The lowest BCUT2D eigenvalue weighted by molar-refractivity contribution is 0.0255. The summed E-state index contributed by atoms with van der Waals surface area (Å²) in [6.45, 7) is 1.89. The maximum absolute atomic E-state index is 6.14. The van der Waals surface area contributed by atoms with Gasteiger partial charge >= 0.3 is 0 Å². The molecule has 0 bridgehead atoms. The van der Waals surface area contributed by atoms with Crippen molar-refractivity contribution >= 4 is 23.2 Å². The number of ether oxygens (including phenoxy) is 1. The molecule has 1 aliphatic rings. The van der Waals surface area contributed by atoms with Gasteiger partial charge in [-0.2, -0.15) is 0 Å². The number of aromatic nitrogens is 2. The van der Waals surface area contributed by atoms with Crippen LogP contribution < -0.4 is 10.6 Å². The van der Waals surface area contributed by atoms with E-state index < -0.39 is 0 Å². The molecule has 3 heterocycles. The molecule has 0 unspecified atom stereocenters. The number of rotatable bonds is 2. The van der Waals surface area contributed by atoms with E-state index in [0.717, 1.165) is 5.76 Å². The summed E-state index contributed by atoms with van der Waals surface area (Å²) in [6.07, 6.45) is 2.91. The summed E-state index contributed by atoms with van der Waals surface area (Å²) in [6, 6.07) is 3.73. The van der Waals surface area contributed by atoms with E-state index in [1.165, 1.54) is 6.33 Å². The van der Waals surface area contributed by atoms with Crippen LogP contribution in [0.25, 0.3) is 0 Å². The van der Waals surface area contributed by atoms with Crippen LogP contribution in [0.4, 0.5) is 11.6 Å². The lowest BCUT2D eigenvalue weighted by atomic mass is 10.2. The Morgan fingerprint density at radius 1 is 1.42 bits per heavy atom. The van der Waals surface area contributed by atoms with Gasteiger partial charge in [0.2, 0.25) is 0 Å². The Balaban J connectivity index is 1.84. The van der Waals surface area contributed by atoms with Gasteiger partial charge in [-0.3, -0.25) is 0 Å². The molecule has 0 aliphatic carbocycles. The summed E-state index contributed by atoms with van der Waals surface area (Å²) in [5.74, 6) is 1.71. The quantitative estimate of drug-likeness (QED) is 0.905. The first-order valence-corrected chi connectivity index (χ1v) is 6.29. The van der Waals surface area contributed by atoms with Crippen LogP contribution in [0.1, 0.15) is 11.9 Å². The summed E-state index contributed by atoms with van der Waals surface area (Å²) in [5.41, 5.74) is 5.70. The van der Waals surface area contributed by atoms with Crippen molar-refractivity contribution in [3.63, 3.8) is 0 Å². The van der Waals surface area contributed by atoms with Crippen molar-refractivity contribution in [1.82, 2.24) is 9.97 Å². The second kappa shape index (κ2) is 5.07. The van der Waals surface area contributed by atoms with E-state index in [-0.39, 0.29) is 11.9 Å². The van der Waals surface area contributed by atoms with Crippen LogP contribution >= 0.6 is 11.6 Å². The van der Waals surface area contributed by atoms with E-state index in [2.05, 4.69) is 9.97 Å². The van der Waals surface area contributed by atoms with E-state index in [1.54, 1.807) is 6.26 Å². The molecule has 0 spiro atoms. The van der Waals surface area contributed by atoms with Crippen molar-refractivity contribution in [2.24, 2.45) is 0 Å². The van der Waals surface area contributed by atoms with Crippen LogP contribution in [0.3, 0.4) is 0 Å². The smallest absolute Gasteiger partial charge is 0.153 e. The molecule has 1 saturated heterocycles. The number of nitrogen functional groups attached to an aromatic ring is 1. The Morgan fingerprint density at radius 3 is 3.11 bits per heavy atom. The number of nitrogens with zero attached hydrogens (tertiary/aromatic N) is 3. The van der Waals surface area contributed by atoms with Gasteiger partial charge < -0.3 is 19.8 Å². The van der Waals surface area contributed by atoms with Crippen LogP contribution in [0.2, 0.25) is 5.02 Å². The largest absolute Gasteiger partial charge is 0.467 e. The summed E-state index contributed by atoms with van der Waals surface area (Å²) < 4.78 is 11.1. The van der Waals surface area contributed by atoms with Gasteiger partial charge in [-0.05, 0) is 12.1 Å². The number of anilines is 2. The summed E-state index contributed by atoms with van der Waals surface area (Å²) in [7, 11) is 0. The average Bonchev–Trinajstić information content (AvgIpc) is 2.96. The Hall–Kier alpha value is -1.79. The fourth-order valence-corrected chi connectivity index (χ4v) is 2.30. The molecule has 19 heavy (non-hydrogen) atoms. The second-order valence-electron chi connectivity index (χ2n) is 4.22. The third-order valence-corrected chi connectivity index (χ3v) is 3.39. The molecule has 6 nitrogen and oxygen atoms in total. The first-order valence-electron chi connectivity index (χ1n) is 5.91. The minimum Gasteiger partial charge on any atom is -0.467 e. The first-order chi connectivity index (χ1) is 9.25. The molecule has 2 aromatic heterocycles. The van der Waals surface area contributed by atoms with Gasteiger partial charge in [-0.1, -0.05) is 11.6 Å². The fraction of sp³-hybridized carbons (Fsp3) is 0.333. The van der Waals surface area contributed by atoms with Gasteiger partial charge in [-0.25, -0.2) is 9.97 Å². The number of halogens is 1. The monoisotopic (exact) mass is 280 g/mol. The predicted octanol–water partition coefficient (Wildman–Crippen LogP) is 1.88. The highest BCUT2D eigenvalue weighted by atomic mass is 35.5. The Morgan fingerprint density at radius 2 is 2.32 bits per heavy atom. The van der Waals surface area contributed by atoms with Crippen molar-refractivity contribution in [3.8, 4) is 0 Å². The lowest BCUT2D eigenvalue weighted by Crippen LogP contribution is -2.39. The molecule has 100 valence electrons. The first kappa shape index (κ1) is 12.3. The molecule has 0 radical (unpaired) electrons. The zero-order valence-electron chi connectivity index (χ0n) is 10.1. The number of hydrogen-bond acceptors (Lipinski definition) is 6. The normalized spacial score (nSPS) is 19.6. The number of nitrogens with two attached hydrogens (primary N) is 1. The molecule has 0 amide bonds. The van der Waals surface area contributed by atoms with Gasteiger partial charge in [0.1, 0.15) is 29.0 Å². The molecule has 1 aliphatic heterocycles. The Labute approximate surface area is 115 Å². The van der Waals surface area contributed by atoms with E-state index >= 15 is 0 Å². The van der Waals surface area contributed by atoms with Crippen LogP contribution in [0.15, 0.2) is 29.1 Å². The fourth-order valence-electron chi connectivity index (χ4n) is 2.08. The van der Waals surface area contributed by atoms with E-state index in [0.29, 0.717) is 30.5 Å². The summed E-state index contributed by atoms with van der Waals surface area (Å²) in [4.78, 5) is 10.1. The van der Waals surface area contributed by atoms with Crippen molar-refractivity contribution in [2.75, 3.05) is 30.3 Å². The van der Waals surface area contributed by atoms with Gasteiger partial charge in [0.15, 0.2) is 5.82 Å². The highest BCUT2D eigenvalue weighted by Gasteiger charge is 2.26. The topological polar surface area (TPSA) is 77.4 Å². The van der Waals surface area contributed by atoms with E-state index in [1.807, 2.05) is 17.0 Å². The highest BCUT2D eigenvalue weighted by molar-refractivity contribution is 6.35. The molecular weight excluding hydrogens is 268 g/mol. The van der Waals surface area contributed by atoms with Gasteiger partial charge in [0.25, 0.3) is 0 Å². The molecule has 2 aromatic rings. The second-order valence-corrected chi connectivity index (χ2v) is 4.60. The van der Waals surface area contributed by atoms with Crippen LogP contribution in [0, 0.1) is 0 Å². The van der Waals surface area contributed by atoms with Crippen LogP contribution in [-0.4, -0.2) is 29.7 Å². The molecule has 0 aromatic carbocycles. The van der Waals surface area contributed by atoms with Crippen molar-refractivity contribution in [1.29, 1.82) is 0 Å². The zero-order chi connectivity index (χ0) is 13.2.